The number of aliphatic hydroxyl groups excluding tert-OH is 1. The Bertz CT molecular complexity index is 138. The maximum absolute atomic E-state index is 9.02. The normalized spacial score (nSPS) is 13.5. The second-order valence-corrected chi connectivity index (χ2v) is 4.47. The number of hydrogen-bond acceptors (Lipinski definition) is 1. The molecule has 0 aliphatic rings. The average Bonchev–Trinajstić information content (AvgIpc) is 2.20. The summed E-state index contributed by atoms with van der Waals surface area (Å²) in [6.45, 7) is 4.09. The minimum absolute atomic E-state index is 0.185. The molecule has 0 saturated heterocycles. The van der Waals surface area contributed by atoms with Crippen LogP contribution >= 0.6 is 0 Å². The molecule has 0 aromatic heterocycles. The van der Waals surface area contributed by atoms with Gasteiger partial charge in [0.15, 0.2) is 0 Å². The van der Waals surface area contributed by atoms with Crippen LogP contribution in [0.25, 0.3) is 0 Å². The molecule has 1 atom stereocenters. The summed E-state index contributed by atoms with van der Waals surface area (Å²) in [4.78, 5) is 0. The maximum atomic E-state index is 9.02. The van der Waals surface area contributed by atoms with Gasteiger partial charge in [0.2, 0.25) is 0 Å². The van der Waals surface area contributed by atoms with E-state index in [1.54, 1.807) is 0 Å². The van der Waals surface area contributed by atoms with E-state index in [1.165, 1.54) is 51.4 Å². The Balaban J connectivity index is 3.01. The highest BCUT2D eigenvalue weighted by Crippen LogP contribution is 2.08. The summed E-state index contributed by atoms with van der Waals surface area (Å²) in [6.07, 6.45) is 15.7. The molecule has 0 amide bonds. The Hall–Kier alpha value is -0.300. The van der Waals surface area contributed by atoms with E-state index in [-0.39, 0.29) is 6.10 Å². The first kappa shape index (κ1) is 14.7. The van der Waals surface area contributed by atoms with Crippen molar-refractivity contribution in [3.63, 3.8) is 0 Å². The number of allylic oxidation sites excluding steroid dienone is 1. The minimum Gasteiger partial charge on any atom is -0.393 e. The second kappa shape index (κ2) is 11.8. The van der Waals surface area contributed by atoms with Gasteiger partial charge in [0.05, 0.1) is 6.10 Å². The first-order chi connectivity index (χ1) is 7.27. The Labute approximate surface area is 95.6 Å². The molecule has 1 heteroatoms. The third-order valence-corrected chi connectivity index (χ3v) is 2.62. The van der Waals surface area contributed by atoms with Crippen molar-refractivity contribution in [1.29, 1.82) is 0 Å². The molecule has 90 valence electrons. The van der Waals surface area contributed by atoms with Crippen molar-refractivity contribution in [3.05, 3.63) is 12.2 Å². The lowest BCUT2D eigenvalue weighted by Crippen LogP contribution is -1.95. The number of rotatable bonds is 10. The van der Waals surface area contributed by atoms with Gasteiger partial charge in [-0.25, -0.2) is 0 Å². The molecule has 0 aromatic carbocycles. The summed E-state index contributed by atoms with van der Waals surface area (Å²) < 4.78 is 0. The van der Waals surface area contributed by atoms with Gasteiger partial charge in [0, 0.05) is 0 Å². The van der Waals surface area contributed by atoms with Gasteiger partial charge in [-0.05, 0) is 26.2 Å². The lowest BCUT2D eigenvalue weighted by atomic mass is 10.1. The number of unbranched alkanes of at least 4 members (excludes halogenated alkanes) is 7. The van der Waals surface area contributed by atoms with E-state index in [2.05, 4.69) is 19.1 Å². The topological polar surface area (TPSA) is 20.2 Å². The van der Waals surface area contributed by atoms with Gasteiger partial charge in [-0.15, -0.1) is 0 Å². The predicted octanol–water partition coefficient (Wildman–Crippen LogP) is 4.45. The molecule has 0 radical (unpaired) electrons. The molecule has 0 aliphatic heterocycles. The third-order valence-electron chi connectivity index (χ3n) is 2.62. The van der Waals surface area contributed by atoms with Gasteiger partial charge < -0.3 is 5.11 Å². The van der Waals surface area contributed by atoms with Crippen LogP contribution < -0.4 is 0 Å². The molecule has 15 heavy (non-hydrogen) atoms. The SMILES string of the molecule is CCCCCCCCC/C=C/CC(C)O. The molecular weight excluding hydrogens is 184 g/mol. The molecule has 0 heterocycles. The zero-order chi connectivity index (χ0) is 11.4. The van der Waals surface area contributed by atoms with Crippen molar-refractivity contribution in [3.8, 4) is 0 Å². The molecule has 0 spiro atoms. The quantitative estimate of drug-likeness (QED) is 0.419. The van der Waals surface area contributed by atoms with E-state index in [0.717, 1.165) is 6.42 Å². The Morgan fingerprint density at radius 2 is 1.53 bits per heavy atom. The molecule has 1 N–H and O–H groups in total. The van der Waals surface area contributed by atoms with Crippen LogP contribution in [-0.4, -0.2) is 11.2 Å². The second-order valence-electron chi connectivity index (χ2n) is 4.47. The van der Waals surface area contributed by atoms with Crippen molar-refractivity contribution >= 4 is 0 Å². The molecular formula is C14H28O. The number of hydrogen-bond donors (Lipinski definition) is 1. The van der Waals surface area contributed by atoms with E-state index < -0.39 is 0 Å². The largest absolute Gasteiger partial charge is 0.393 e. The van der Waals surface area contributed by atoms with E-state index in [1.807, 2.05) is 6.92 Å². The fourth-order valence-corrected chi connectivity index (χ4v) is 1.63. The lowest BCUT2D eigenvalue weighted by Gasteiger charge is -1.99. The molecule has 1 unspecified atom stereocenters. The van der Waals surface area contributed by atoms with Crippen LogP contribution in [0.1, 0.15) is 71.6 Å². The molecule has 0 aliphatic carbocycles. The lowest BCUT2D eigenvalue weighted by molar-refractivity contribution is 0.198. The van der Waals surface area contributed by atoms with Gasteiger partial charge in [0.1, 0.15) is 0 Å². The third kappa shape index (κ3) is 13.7. The molecule has 0 aromatic rings. The predicted molar refractivity (Wildman–Crippen MR) is 68.0 cm³/mol. The van der Waals surface area contributed by atoms with Crippen molar-refractivity contribution < 1.29 is 5.11 Å². The monoisotopic (exact) mass is 212 g/mol. The fraction of sp³-hybridized carbons (Fsp3) is 0.857. The summed E-state index contributed by atoms with van der Waals surface area (Å²) in [7, 11) is 0. The standard InChI is InChI=1S/C14H28O/c1-3-4-5-6-7-8-9-10-11-12-13-14(2)15/h11-12,14-15H,3-10,13H2,1-2H3/b12-11+. The first-order valence-corrected chi connectivity index (χ1v) is 6.60. The van der Waals surface area contributed by atoms with Crippen LogP contribution in [-0.2, 0) is 0 Å². The first-order valence-electron chi connectivity index (χ1n) is 6.60. The average molecular weight is 212 g/mol. The smallest absolute Gasteiger partial charge is 0.0546 e. The molecule has 0 bridgehead atoms. The summed E-state index contributed by atoms with van der Waals surface area (Å²) in [6, 6.07) is 0. The van der Waals surface area contributed by atoms with Gasteiger partial charge in [0.25, 0.3) is 0 Å². The van der Waals surface area contributed by atoms with Crippen molar-refractivity contribution in [1.82, 2.24) is 0 Å². The van der Waals surface area contributed by atoms with Crippen LogP contribution in [0.15, 0.2) is 12.2 Å². The van der Waals surface area contributed by atoms with Crippen molar-refractivity contribution in [2.45, 2.75) is 77.7 Å². The Morgan fingerprint density at radius 3 is 2.13 bits per heavy atom. The molecule has 0 fully saturated rings. The van der Waals surface area contributed by atoms with Gasteiger partial charge in [-0.1, -0.05) is 57.6 Å². The maximum Gasteiger partial charge on any atom is 0.0546 e. The zero-order valence-corrected chi connectivity index (χ0v) is 10.5. The van der Waals surface area contributed by atoms with Gasteiger partial charge in [-0.2, -0.15) is 0 Å². The minimum atomic E-state index is -0.185. The summed E-state index contributed by atoms with van der Waals surface area (Å²) in [5, 5.41) is 9.02. The van der Waals surface area contributed by atoms with Crippen LogP contribution in [0.3, 0.4) is 0 Å². The zero-order valence-electron chi connectivity index (χ0n) is 10.5. The highest BCUT2D eigenvalue weighted by Gasteiger charge is 1.90. The number of aliphatic hydroxyl groups is 1. The van der Waals surface area contributed by atoms with Gasteiger partial charge >= 0.3 is 0 Å². The van der Waals surface area contributed by atoms with Crippen molar-refractivity contribution in [2.75, 3.05) is 0 Å². The highest BCUT2D eigenvalue weighted by molar-refractivity contribution is 4.82. The van der Waals surface area contributed by atoms with E-state index in [9.17, 15) is 0 Å². The van der Waals surface area contributed by atoms with Crippen LogP contribution in [0.2, 0.25) is 0 Å². The summed E-state index contributed by atoms with van der Waals surface area (Å²) >= 11 is 0. The van der Waals surface area contributed by atoms with Crippen LogP contribution in [0.5, 0.6) is 0 Å². The summed E-state index contributed by atoms with van der Waals surface area (Å²) in [5.74, 6) is 0. The van der Waals surface area contributed by atoms with Crippen LogP contribution in [0.4, 0.5) is 0 Å². The molecule has 0 rings (SSSR count). The molecule has 1 nitrogen and oxygen atoms in total. The van der Waals surface area contributed by atoms with Crippen LogP contribution in [0, 0.1) is 0 Å². The van der Waals surface area contributed by atoms with E-state index >= 15 is 0 Å². The van der Waals surface area contributed by atoms with E-state index in [0.29, 0.717) is 0 Å². The highest BCUT2D eigenvalue weighted by atomic mass is 16.3. The Kier molecular flexibility index (Phi) is 11.5. The van der Waals surface area contributed by atoms with Crippen molar-refractivity contribution in [2.24, 2.45) is 0 Å². The van der Waals surface area contributed by atoms with E-state index in [4.69, 9.17) is 5.11 Å². The summed E-state index contributed by atoms with van der Waals surface area (Å²) in [5.41, 5.74) is 0. The fourth-order valence-electron chi connectivity index (χ4n) is 1.63. The Morgan fingerprint density at radius 1 is 0.933 bits per heavy atom. The van der Waals surface area contributed by atoms with Gasteiger partial charge in [-0.3, -0.25) is 0 Å². The molecule has 0 saturated carbocycles.